The van der Waals surface area contributed by atoms with Gasteiger partial charge in [-0.05, 0) is 60.0 Å². The summed E-state index contributed by atoms with van der Waals surface area (Å²) in [5, 5.41) is 2.84. The first kappa shape index (κ1) is 26.1. The third-order valence-corrected chi connectivity index (χ3v) is 6.65. The molecule has 0 radical (unpaired) electrons. The number of pyridine rings is 1. The van der Waals surface area contributed by atoms with Crippen LogP contribution in [0.25, 0.3) is 0 Å². The summed E-state index contributed by atoms with van der Waals surface area (Å²) >= 11 is 0. The summed E-state index contributed by atoms with van der Waals surface area (Å²) in [5.74, 6) is 0.736. The molecule has 2 aromatic carbocycles. The number of benzene rings is 2. The Morgan fingerprint density at radius 1 is 0.971 bits per heavy atom. The maximum atomic E-state index is 12.9. The van der Waals surface area contributed by atoms with Gasteiger partial charge >= 0.3 is 0 Å². The highest BCUT2D eigenvalue weighted by Crippen LogP contribution is 2.29. The summed E-state index contributed by atoms with van der Waals surface area (Å²) in [6.07, 6.45) is 3.40. The van der Waals surface area contributed by atoms with E-state index < -0.39 is 10.0 Å². The molecule has 0 saturated carbocycles. The van der Waals surface area contributed by atoms with Gasteiger partial charge in [-0.15, -0.1) is 0 Å². The minimum atomic E-state index is -3.76. The lowest BCUT2D eigenvalue weighted by atomic mass is 10.1. The number of nitrogens with one attached hydrogen (secondary N) is 2. The van der Waals surface area contributed by atoms with E-state index in [9.17, 15) is 13.2 Å². The second kappa shape index (κ2) is 12.3. The van der Waals surface area contributed by atoms with E-state index in [1.165, 1.54) is 19.2 Å². The van der Waals surface area contributed by atoms with Crippen LogP contribution in [-0.4, -0.2) is 46.7 Å². The highest BCUT2D eigenvalue weighted by molar-refractivity contribution is 7.89. The van der Waals surface area contributed by atoms with Crippen LogP contribution < -0.4 is 19.5 Å². The zero-order chi connectivity index (χ0) is 25.3. The number of methoxy groups -OCH3 is 2. The molecular formula is C25H29N3O6S. The Morgan fingerprint density at radius 3 is 2.46 bits per heavy atom. The lowest BCUT2D eigenvalue weighted by Gasteiger charge is -2.14. The minimum absolute atomic E-state index is 0.0155. The fraction of sp³-hybridized carbons (Fsp3) is 0.280. The van der Waals surface area contributed by atoms with E-state index in [1.54, 1.807) is 44.6 Å². The summed E-state index contributed by atoms with van der Waals surface area (Å²) in [6.45, 7) is 2.73. The number of hydrogen-bond donors (Lipinski definition) is 2. The summed E-state index contributed by atoms with van der Waals surface area (Å²) in [4.78, 5) is 16.9. The normalized spacial score (nSPS) is 11.2. The average Bonchev–Trinajstić information content (AvgIpc) is 2.87. The summed E-state index contributed by atoms with van der Waals surface area (Å²) in [7, 11) is -0.720. The van der Waals surface area contributed by atoms with Gasteiger partial charge in [0, 0.05) is 38.2 Å². The van der Waals surface area contributed by atoms with Gasteiger partial charge in [0.2, 0.25) is 10.0 Å². The van der Waals surface area contributed by atoms with Gasteiger partial charge in [-0.3, -0.25) is 9.78 Å². The largest absolute Gasteiger partial charge is 0.493 e. The molecule has 186 valence electrons. The van der Waals surface area contributed by atoms with Crippen molar-refractivity contribution < 1.29 is 27.4 Å². The van der Waals surface area contributed by atoms with Crippen LogP contribution in [0.4, 0.5) is 0 Å². The van der Waals surface area contributed by atoms with E-state index in [0.29, 0.717) is 23.7 Å². The smallest absolute Gasteiger partial charge is 0.251 e. The summed E-state index contributed by atoms with van der Waals surface area (Å²) in [6, 6.07) is 13.6. The third-order valence-electron chi connectivity index (χ3n) is 5.19. The van der Waals surface area contributed by atoms with E-state index >= 15 is 0 Å². The van der Waals surface area contributed by atoms with E-state index in [2.05, 4.69) is 15.0 Å². The molecule has 0 atom stereocenters. The Bertz CT molecular complexity index is 1250. The van der Waals surface area contributed by atoms with Crippen LogP contribution in [0, 0.1) is 6.92 Å². The van der Waals surface area contributed by atoms with Crippen molar-refractivity contribution in [1.82, 2.24) is 15.0 Å². The quantitative estimate of drug-likeness (QED) is 0.368. The number of nitrogens with zero attached hydrogens (tertiary/aromatic N) is 1. The number of rotatable bonds is 12. The van der Waals surface area contributed by atoms with Crippen molar-refractivity contribution in [1.29, 1.82) is 0 Å². The van der Waals surface area contributed by atoms with E-state index in [1.807, 2.05) is 18.2 Å². The monoisotopic (exact) mass is 499 g/mol. The topological polar surface area (TPSA) is 116 Å². The predicted octanol–water partition coefficient (Wildman–Crippen LogP) is 2.83. The minimum Gasteiger partial charge on any atom is -0.493 e. The highest BCUT2D eigenvalue weighted by atomic mass is 32.2. The number of carbonyl (C=O) groups excluding carboxylic acids is 1. The van der Waals surface area contributed by atoms with Crippen LogP contribution in [0.1, 0.15) is 27.0 Å². The zero-order valence-electron chi connectivity index (χ0n) is 19.9. The number of aromatic nitrogens is 1. The van der Waals surface area contributed by atoms with Crippen molar-refractivity contribution in [2.24, 2.45) is 0 Å². The molecule has 35 heavy (non-hydrogen) atoms. The van der Waals surface area contributed by atoms with Gasteiger partial charge in [-0.25, -0.2) is 13.1 Å². The maximum Gasteiger partial charge on any atom is 0.251 e. The number of amides is 1. The van der Waals surface area contributed by atoms with Crippen molar-refractivity contribution in [2.45, 2.75) is 25.0 Å². The highest BCUT2D eigenvalue weighted by Gasteiger charge is 2.18. The average molecular weight is 500 g/mol. The molecule has 1 amide bonds. The molecule has 10 heteroatoms. The molecule has 9 nitrogen and oxygen atoms in total. The standard InChI is InChI=1S/C25H29N3O6S/c1-18-4-6-21(35(30,31)28-12-13-32-2)15-22(18)25(29)27-16-20-5-7-23(24(14-20)33-3)34-17-19-8-10-26-11-9-19/h4-11,14-15,28H,12-13,16-17H2,1-3H3,(H,27,29). The molecule has 0 unspecified atom stereocenters. The summed E-state index contributed by atoms with van der Waals surface area (Å²) < 4.78 is 43.6. The Balaban J connectivity index is 1.66. The number of sulfonamides is 1. The molecule has 0 aliphatic heterocycles. The number of aryl methyl sites for hydroxylation is 1. The van der Waals surface area contributed by atoms with E-state index in [-0.39, 0.29) is 36.1 Å². The zero-order valence-corrected chi connectivity index (χ0v) is 20.7. The first-order chi connectivity index (χ1) is 16.8. The van der Waals surface area contributed by atoms with Gasteiger partial charge in [0.05, 0.1) is 18.6 Å². The van der Waals surface area contributed by atoms with Crippen LogP contribution in [0.2, 0.25) is 0 Å². The van der Waals surface area contributed by atoms with Crippen molar-refractivity contribution in [2.75, 3.05) is 27.4 Å². The van der Waals surface area contributed by atoms with Gasteiger partial charge < -0.3 is 19.5 Å². The van der Waals surface area contributed by atoms with Gasteiger partial charge in [-0.1, -0.05) is 12.1 Å². The molecule has 0 bridgehead atoms. The molecule has 1 aromatic heterocycles. The summed E-state index contributed by atoms with van der Waals surface area (Å²) in [5.41, 5.74) is 2.72. The van der Waals surface area contributed by atoms with Gasteiger partial charge in [0.15, 0.2) is 11.5 Å². The third kappa shape index (κ3) is 7.25. The Morgan fingerprint density at radius 2 is 1.74 bits per heavy atom. The second-order valence-corrected chi connectivity index (χ2v) is 9.45. The van der Waals surface area contributed by atoms with Crippen LogP contribution in [-0.2, 0) is 27.9 Å². The second-order valence-electron chi connectivity index (χ2n) is 7.68. The number of carbonyl (C=O) groups is 1. The first-order valence-electron chi connectivity index (χ1n) is 10.9. The van der Waals surface area contributed by atoms with Crippen molar-refractivity contribution in [3.8, 4) is 11.5 Å². The Labute approximate surface area is 205 Å². The Kier molecular flexibility index (Phi) is 9.18. The number of hydrogen-bond acceptors (Lipinski definition) is 7. The van der Waals surface area contributed by atoms with E-state index in [0.717, 1.165) is 11.1 Å². The lowest BCUT2D eigenvalue weighted by Crippen LogP contribution is -2.28. The van der Waals surface area contributed by atoms with Crippen LogP contribution >= 0.6 is 0 Å². The number of ether oxygens (including phenoxy) is 3. The molecule has 0 aliphatic rings. The fourth-order valence-electron chi connectivity index (χ4n) is 3.23. The van der Waals surface area contributed by atoms with Gasteiger partial charge in [-0.2, -0.15) is 0 Å². The molecule has 0 saturated heterocycles. The molecule has 3 aromatic rings. The van der Waals surface area contributed by atoms with Gasteiger partial charge in [0.25, 0.3) is 5.91 Å². The van der Waals surface area contributed by atoms with Crippen molar-refractivity contribution in [3.63, 3.8) is 0 Å². The fourth-order valence-corrected chi connectivity index (χ4v) is 4.27. The lowest BCUT2D eigenvalue weighted by molar-refractivity contribution is 0.0950. The maximum absolute atomic E-state index is 12.9. The molecule has 0 fully saturated rings. The van der Waals surface area contributed by atoms with Crippen LogP contribution in [0.3, 0.4) is 0 Å². The SMILES string of the molecule is COCCNS(=O)(=O)c1ccc(C)c(C(=O)NCc2ccc(OCc3ccncc3)c(OC)c2)c1. The molecule has 0 spiro atoms. The molecule has 0 aliphatic carbocycles. The molecular weight excluding hydrogens is 470 g/mol. The van der Waals surface area contributed by atoms with Crippen LogP contribution in [0.15, 0.2) is 65.8 Å². The van der Waals surface area contributed by atoms with Crippen molar-refractivity contribution >= 4 is 15.9 Å². The molecule has 1 heterocycles. The van der Waals surface area contributed by atoms with Crippen LogP contribution in [0.5, 0.6) is 11.5 Å². The van der Waals surface area contributed by atoms with Crippen molar-refractivity contribution in [3.05, 3.63) is 83.2 Å². The Hall–Kier alpha value is -3.47. The van der Waals surface area contributed by atoms with Gasteiger partial charge in [0.1, 0.15) is 6.61 Å². The van der Waals surface area contributed by atoms with E-state index in [4.69, 9.17) is 14.2 Å². The molecule has 2 N–H and O–H groups in total. The predicted molar refractivity (Wildman–Crippen MR) is 131 cm³/mol. The first-order valence-corrected chi connectivity index (χ1v) is 12.4. The molecule has 3 rings (SSSR count).